The molecule has 0 fully saturated rings. The highest BCUT2D eigenvalue weighted by Gasteiger charge is 2.23. The van der Waals surface area contributed by atoms with Gasteiger partial charge in [0.1, 0.15) is 17.2 Å². The number of nitrogens with zero attached hydrogens (tertiary/aromatic N) is 2. The highest BCUT2D eigenvalue weighted by molar-refractivity contribution is 5.87. The van der Waals surface area contributed by atoms with E-state index in [2.05, 4.69) is 11.8 Å². The van der Waals surface area contributed by atoms with Crippen LogP contribution in [0.25, 0.3) is 0 Å². The minimum absolute atomic E-state index is 0.0863. The average molecular weight is 256 g/mol. The van der Waals surface area contributed by atoms with Gasteiger partial charge in [-0.2, -0.15) is 10.1 Å². The maximum Gasteiger partial charge on any atom is 0.435 e. The number of carbonyl (C=O) groups excluding carboxylic acids is 1. The summed E-state index contributed by atoms with van der Waals surface area (Å²) < 4.78 is 31.1. The van der Waals surface area contributed by atoms with Gasteiger partial charge in [-0.25, -0.2) is 13.6 Å². The molecule has 0 aliphatic carbocycles. The molecule has 0 saturated heterocycles. The molecule has 0 aromatic heterocycles. The Kier molecular flexibility index (Phi) is 4.00. The van der Waals surface area contributed by atoms with Crippen LogP contribution < -0.4 is 5.01 Å². The standard InChI is InChI=1S/C12H14F2N2O2/c1-12(2,3)18-11(17)16(15-4)10-6-8(13)5-9(14)7-10/h5-7H,4H2,1-3H3. The molecule has 0 bridgehead atoms. The van der Waals surface area contributed by atoms with Crippen molar-refractivity contribution in [3.63, 3.8) is 0 Å². The fourth-order valence-electron chi connectivity index (χ4n) is 1.21. The summed E-state index contributed by atoms with van der Waals surface area (Å²) in [6.45, 7) is 8.17. The topological polar surface area (TPSA) is 41.9 Å². The van der Waals surface area contributed by atoms with Gasteiger partial charge in [0.2, 0.25) is 0 Å². The van der Waals surface area contributed by atoms with Crippen LogP contribution in [0.15, 0.2) is 23.3 Å². The number of carbonyl (C=O) groups is 1. The van der Waals surface area contributed by atoms with E-state index in [1.165, 1.54) is 0 Å². The number of hydrogen-bond donors (Lipinski definition) is 0. The Morgan fingerprint density at radius 1 is 1.28 bits per heavy atom. The summed E-state index contributed by atoms with van der Waals surface area (Å²) in [6.07, 6.45) is -0.859. The van der Waals surface area contributed by atoms with Gasteiger partial charge in [0.15, 0.2) is 0 Å². The van der Waals surface area contributed by atoms with Gasteiger partial charge in [0.25, 0.3) is 0 Å². The van der Waals surface area contributed by atoms with Gasteiger partial charge in [-0.1, -0.05) is 0 Å². The first-order valence-corrected chi connectivity index (χ1v) is 5.19. The first-order valence-electron chi connectivity index (χ1n) is 5.19. The lowest BCUT2D eigenvalue weighted by Crippen LogP contribution is -2.33. The van der Waals surface area contributed by atoms with Crippen molar-refractivity contribution >= 4 is 18.5 Å². The van der Waals surface area contributed by atoms with Crippen LogP contribution in [-0.2, 0) is 4.74 Å². The number of amides is 1. The molecular weight excluding hydrogens is 242 g/mol. The van der Waals surface area contributed by atoms with Gasteiger partial charge in [0.05, 0.1) is 5.69 Å². The van der Waals surface area contributed by atoms with E-state index in [4.69, 9.17) is 4.74 Å². The number of rotatable bonds is 2. The summed E-state index contributed by atoms with van der Waals surface area (Å²) in [5.74, 6) is -1.63. The lowest BCUT2D eigenvalue weighted by molar-refractivity contribution is 0.0581. The van der Waals surface area contributed by atoms with Crippen molar-refractivity contribution in [1.29, 1.82) is 0 Å². The number of anilines is 1. The molecule has 0 spiro atoms. The molecule has 0 unspecified atom stereocenters. The SMILES string of the molecule is C=NN(C(=O)OC(C)(C)C)c1cc(F)cc(F)c1. The van der Waals surface area contributed by atoms with E-state index >= 15 is 0 Å². The molecule has 1 aromatic carbocycles. The zero-order valence-corrected chi connectivity index (χ0v) is 10.4. The summed E-state index contributed by atoms with van der Waals surface area (Å²) in [5, 5.41) is 4.09. The zero-order valence-electron chi connectivity index (χ0n) is 10.4. The third-order valence-corrected chi connectivity index (χ3v) is 1.80. The smallest absolute Gasteiger partial charge is 0.435 e. The monoisotopic (exact) mass is 256 g/mol. The second-order valence-corrected chi connectivity index (χ2v) is 4.56. The van der Waals surface area contributed by atoms with Crippen molar-refractivity contribution in [3.05, 3.63) is 29.8 Å². The summed E-state index contributed by atoms with van der Waals surface area (Å²) in [7, 11) is 0. The maximum absolute atomic E-state index is 13.0. The van der Waals surface area contributed by atoms with Gasteiger partial charge in [-0.15, -0.1) is 0 Å². The maximum atomic E-state index is 13.0. The molecule has 1 rings (SSSR count). The lowest BCUT2D eigenvalue weighted by atomic mass is 10.2. The third-order valence-electron chi connectivity index (χ3n) is 1.80. The van der Waals surface area contributed by atoms with Crippen molar-refractivity contribution < 1.29 is 18.3 Å². The van der Waals surface area contributed by atoms with Crippen LogP contribution in [0, 0.1) is 11.6 Å². The van der Waals surface area contributed by atoms with E-state index in [1.807, 2.05) is 0 Å². The number of ether oxygens (including phenoxy) is 1. The van der Waals surface area contributed by atoms with Crippen LogP contribution in [0.5, 0.6) is 0 Å². The van der Waals surface area contributed by atoms with Crippen molar-refractivity contribution in [2.24, 2.45) is 5.10 Å². The third kappa shape index (κ3) is 3.80. The minimum Gasteiger partial charge on any atom is -0.442 e. The van der Waals surface area contributed by atoms with Gasteiger partial charge >= 0.3 is 6.09 Å². The van der Waals surface area contributed by atoms with Crippen molar-refractivity contribution in [1.82, 2.24) is 0 Å². The van der Waals surface area contributed by atoms with E-state index in [0.717, 1.165) is 12.1 Å². The Morgan fingerprint density at radius 2 is 1.78 bits per heavy atom. The zero-order chi connectivity index (χ0) is 13.9. The van der Waals surface area contributed by atoms with Crippen molar-refractivity contribution in [2.45, 2.75) is 26.4 Å². The van der Waals surface area contributed by atoms with Crippen molar-refractivity contribution in [2.75, 3.05) is 5.01 Å². The fraction of sp³-hybridized carbons (Fsp3) is 0.333. The number of hydrazone groups is 1. The molecule has 0 aliphatic heterocycles. The Balaban J connectivity index is 3.02. The first-order chi connectivity index (χ1) is 8.23. The highest BCUT2D eigenvalue weighted by Crippen LogP contribution is 2.21. The molecule has 18 heavy (non-hydrogen) atoms. The molecule has 0 radical (unpaired) electrons. The molecule has 0 saturated carbocycles. The second-order valence-electron chi connectivity index (χ2n) is 4.56. The van der Waals surface area contributed by atoms with E-state index in [0.29, 0.717) is 11.1 Å². The number of halogens is 2. The largest absolute Gasteiger partial charge is 0.442 e. The van der Waals surface area contributed by atoms with Crippen LogP contribution in [0.1, 0.15) is 20.8 Å². The molecule has 4 nitrogen and oxygen atoms in total. The molecule has 6 heteroatoms. The Bertz CT molecular complexity index is 449. The molecule has 1 aromatic rings. The van der Waals surface area contributed by atoms with E-state index in [1.54, 1.807) is 20.8 Å². The van der Waals surface area contributed by atoms with E-state index < -0.39 is 23.3 Å². The quantitative estimate of drug-likeness (QED) is 0.601. The van der Waals surface area contributed by atoms with Gasteiger partial charge in [-0.3, -0.25) is 0 Å². The van der Waals surface area contributed by atoms with Gasteiger partial charge in [-0.05, 0) is 20.8 Å². The van der Waals surface area contributed by atoms with Crippen LogP contribution in [0.2, 0.25) is 0 Å². The molecule has 98 valence electrons. The Labute approximate surface area is 104 Å². The van der Waals surface area contributed by atoms with Gasteiger partial charge < -0.3 is 4.74 Å². The van der Waals surface area contributed by atoms with E-state index in [-0.39, 0.29) is 5.69 Å². The highest BCUT2D eigenvalue weighted by atomic mass is 19.1. The molecule has 0 atom stereocenters. The Hall–Kier alpha value is -1.98. The van der Waals surface area contributed by atoms with Crippen molar-refractivity contribution in [3.8, 4) is 0 Å². The molecule has 0 N–H and O–H groups in total. The predicted molar refractivity (Wildman–Crippen MR) is 64.6 cm³/mol. The summed E-state index contributed by atoms with van der Waals surface area (Å²) in [4.78, 5) is 11.7. The molecule has 1 amide bonds. The minimum atomic E-state index is -0.859. The average Bonchev–Trinajstić information content (AvgIpc) is 2.13. The normalized spacial score (nSPS) is 10.9. The summed E-state index contributed by atoms with van der Waals surface area (Å²) in [6, 6.07) is 2.61. The van der Waals surface area contributed by atoms with Crippen LogP contribution in [0.3, 0.4) is 0 Å². The van der Waals surface area contributed by atoms with Crippen LogP contribution in [0.4, 0.5) is 19.3 Å². The molecular formula is C12H14F2N2O2. The summed E-state index contributed by atoms with van der Waals surface area (Å²) >= 11 is 0. The lowest BCUT2D eigenvalue weighted by Gasteiger charge is -2.24. The Morgan fingerprint density at radius 3 is 2.17 bits per heavy atom. The predicted octanol–water partition coefficient (Wildman–Crippen LogP) is 3.32. The second kappa shape index (κ2) is 5.12. The number of hydrogen-bond acceptors (Lipinski definition) is 3. The van der Waals surface area contributed by atoms with Crippen LogP contribution >= 0.6 is 0 Å². The fourth-order valence-corrected chi connectivity index (χ4v) is 1.21. The summed E-state index contributed by atoms with van der Waals surface area (Å²) in [5.41, 5.74) is -0.830. The van der Waals surface area contributed by atoms with Gasteiger partial charge in [0, 0.05) is 24.9 Å². The van der Waals surface area contributed by atoms with Crippen LogP contribution in [-0.4, -0.2) is 18.4 Å². The molecule has 0 aliphatic rings. The number of benzene rings is 1. The van der Waals surface area contributed by atoms with E-state index in [9.17, 15) is 13.6 Å². The molecule has 0 heterocycles. The first kappa shape index (κ1) is 14.1.